The van der Waals surface area contributed by atoms with Crippen molar-refractivity contribution in [3.05, 3.63) is 24.2 Å². The zero-order valence-corrected chi connectivity index (χ0v) is 13.9. The Bertz CT molecular complexity index is 437. The summed E-state index contributed by atoms with van der Waals surface area (Å²) >= 11 is 0. The summed E-state index contributed by atoms with van der Waals surface area (Å²) in [5.74, 6) is 1.86. The van der Waals surface area contributed by atoms with Gasteiger partial charge in [-0.15, -0.1) is 0 Å². The van der Waals surface area contributed by atoms with E-state index in [1.165, 1.54) is 6.42 Å². The molecule has 1 aromatic heterocycles. The summed E-state index contributed by atoms with van der Waals surface area (Å²) in [6.45, 7) is 7.65. The van der Waals surface area contributed by atoms with Crippen LogP contribution in [0.25, 0.3) is 0 Å². The third-order valence-electron chi connectivity index (χ3n) is 3.94. The Morgan fingerprint density at radius 3 is 2.91 bits per heavy atom. The van der Waals surface area contributed by atoms with Gasteiger partial charge in [0, 0.05) is 26.1 Å². The van der Waals surface area contributed by atoms with Gasteiger partial charge in [0.05, 0.1) is 18.4 Å². The van der Waals surface area contributed by atoms with Crippen molar-refractivity contribution in [1.82, 2.24) is 10.6 Å². The lowest BCUT2D eigenvalue weighted by atomic mass is 10.0. The fourth-order valence-electron chi connectivity index (χ4n) is 2.52. The molecule has 0 radical (unpaired) electrons. The minimum absolute atomic E-state index is 0.0968. The van der Waals surface area contributed by atoms with Crippen LogP contribution in [0.5, 0.6) is 0 Å². The van der Waals surface area contributed by atoms with Crippen LogP contribution >= 0.6 is 0 Å². The Balaban J connectivity index is 1.81. The molecule has 2 heterocycles. The smallest absolute Gasteiger partial charge is 0.191 e. The third kappa shape index (κ3) is 5.72. The van der Waals surface area contributed by atoms with Crippen LogP contribution < -0.4 is 10.6 Å². The highest BCUT2D eigenvalue weighted by Crippen LogP contribution is 2.24. The van der Waals surface area contributed by atoms with Gasteiger partial charge in [-0.3, -0.25) is 4.99 Å². The lowest BCUT2D eigenvalue weighted by Crippen LogP contribution is -2.40. The Kier molecular flexibility index (Phi) is 6.77. The predicted octanol–water partition coefficient (Wildman–Crippen LogP) is 2.73. The highest BCUT2D eigenvalue weighted by atomic mass is 16.5. The van der Waals surface area contributed by atoms with Crippen LogP contribution in [0, 0.1) is 0 Å². The van der Waals surface area contributed by atoms with Crippen molar-refractivity contribution in [3.63, 3.8) is 0 Å². The molecule has 2 N–H and O–H groups in total. The lowest BCUT2D eigenvalue weighted by Gasteiger charge is -2.21. The zero-order chi connectivity index (χ0) is 15.7. The number of rotatable bonds is 8. The highest BCUT2D eigenvalue weighted by Gasteiger charge is 2.29. The van der Waals surface area contributed by atoms with Gasteiger partial charge in [0.15, 0.2) is 5.96 Å². The third-order valence-corrected chi connectivity index (χ3v) is 3.94. The van der Waals surface area contributed by atoms with Crippen molar-refractivity contribution in [2.45, 2.75) is 51.6 Å². The van der Waals surface area contributed by atoms with E-state index in [9.17, 15) is 0 Å². The standard InChI is InChI=1S/C17H29N3O2/c1-3-4-10-18-16(19-11-8-15-7-5-12-21-15)20-14-17(2)9-6-13-22-17/h5,7,12H,3-4,6,8-11,13-14H2,1-2H3,(H2,18,19,20). The van der Waals surface area contributed by atoms with E-state index in [-0.39, 0.29) is 5.60 Å². The predicted molar refractivity (Wildman–Crippen MR) is 89.2 cm³/mol. The highest BCUT2D eigenvalue weighted by molar-refractivity contribution is 5.79. The van der Waals surface area contributed by atoms with Crippen molar-refractivity contribution in [1.29, 1.82) is 0 Å². The SMILES string of the molecule is CCCCNC(=NCC1(C)CCCO1)NCCc1ccco1. The number of guanidine groups is 1. The Hall–Kier alpha value is -1.49. The number of unbranched alkanes of at least 4 members (excludes halogenated alkanes) is 1. The zero-order valence-electron chi connectivity index (χ0n) is 13.9. The second-order valence-corrected chi connectivity index (χ2v) is 6.10. The molecule has 22 heavy (non-hydrogen) atoms. The molecule has 0 aromatic carbocycles. The summed E-state index contributed by atoms with van der Waals surface area (Å²) in [6.07, 6.45) is 7.11. The van der Waals surface area contributed by atoms with Crippen molar-refractivity contribution in [2.75, 3.05) is 26.2 Å². The minimum Gasteiger partial charge on any atom is -0.469 e. The van der Waals surface area contributed by atoms with Crippen molar-refractivity contribution < 1.29 is 9.15 Å². The van der Waals surface area contributed by atoms with Gasteiger partial charge < -0.3 is 19.8 Å². The quantitative estimate of drug-likeness (QED) is 0.440. The second-order valence-electron chi connectivity index (χ2n) is 6.10. The van der Waals surface area contributed by atoms with Crippen molar-refractivity contribution in [2.24, 2.45) is 4.99 Å². The Morgan fingerprint density at radius 2 is 2.23 bits per heavy atom. The summed E-state index contributed by atoms with van der Waals surface area (Å²) in [5.41, 5.74) is -0.0968. The number of furan rings is 1. The molecule has 0 aliphatic carbocycles. The normalized spacial score (nSPS) is 22.0. The van der Waals surface area contributed by atoms with Crippen LogP contribution in [-0.2, 0) is 11.2 Å². The molecule has 0 bridgehead atoms. The molecular formula is C17H29N3O2. The number of nitrogens with zero attached hydrogens (tertiary/aromatic N) is 1. The first-order valence-corrected chi connectivity index (χ1v) is 8.40. The number of aliphatic imine (C=N–C) groups is 1. The molecule has 0 amide bonds. The molecule has 1 aliphatic rings. The van der Waals surface area contributed by atoms with Crippen LogP contribution in [0.1, 0.15) is 45.3 Å². The average Bonchev–Trinajstić information content (AvgIpc) is 3.17. The number of hydrogen-bond acceptors (Lipinski definition) is 3. The van der Waals surface area contributed by atoms with E-state index in [1.807, 2.05) is 12.1 Å². The van der Waals surface area contributed by atoms with Gasteiger partial charge in [-0.05, 0) is 38.3 Å². The van der Waals surface area contributed by atoms with Gasteiger partial charge in [0.1, 0.15) is 5.76 Å². The molecule has 0 spiro atoms. The maximum absolute atomic E-state index is 5.80. The lowest BCUT2D eigenvalue weighted by molar-refractivity contribution is 0.0283. The molecule has 1 fully saturated rings. The first-order chi connectivity index (χ1) is 10.7. The van der Waals surface area contributed by atoms with E-state index in [1.54, 1.807) is 6.26 Å². The molecule has 5 heteroatoms. The maximum Gasteiger partial charge on any atom is 0.191 e. The number of ether oxygens (including phenoxy) is 1. The van der Waals surface area contributed by atoms with Gasteiger partial charge in [-0.25, -0.2) is 0 Å². The largest absolute Gasteiger partial charge is 0.469 e. The van der Waals surface area contributed by atoms with E-state index in [0.717, 1.165) is 57.1 Å². The molecule has 0 saturated carbocycles. The molecule has 124 valence electrons. The monoisotopic (exact) mass is 307 g/mol. The van der Waals surface area contributed by atoms with E-state index >= 15 is 0 Å². The summed E-state index contributed by atoms with van der Waals surface area (Å²) in [7, 11) is 0. The molecule has 1 aromatic rings. The summed E-state index contributed by atoms with van der Waals surface area (Å²) in [5, 5.41) is 6.78. The van der Waals surface area contributed by atoms with Gasteiger partial charge >= 0.3 is 0 Å². The van der Waals surface area contributed by atoms with Crippen molar-refractivity contribution >= 4 is 5.96 Å². The average molecular weight is 307 g/mol. The minimum atomic E-state index is -0.0968. The fraction of sp³-hybridized carbons (Fsp3) is 0.706. The summed E-state index contributed by atoms with van der Waals surface area (Å²) in [6, 6.07) is 3.92. The van der Waals surface area contributed by atoms with Gasteiger partial charge in [0.25, 0.3) is 0 Å². The van der Waals surface area contributed by atoms with Crippen LogP contribution in [-0.4, -0.2) is 37.8 Å². The molecular weight excluding hydrogens is 278 g/mol. The fourth-order valence-corrected chi connectivity index (χ4v) is 2.52. The topological polar surface area (TPSA) is 58.8 Å². The van der Waals surface area contributed by atoms with Crippen LogP contribution in [0.15, 0.2) is 27.8 Å². The van der Waals surface area contributed by atoms with E-state index < -0.39 is 0 Å². The second kappa shape index (κ2) is 8.83. The van der Waals surface area contributed by atoms with Gasteiger partial charge in [-0.1, -0.05) is 13.3 Å². The Labute approximate surface area is 133 Å². The number of hydrogen-bond donors (Lipinski definition) is 2. The van der Waals surface area contributed by atoms with E-state index in [0.29, 0.717) is 6.54 Å². The Morgan fingerprint density at radius 1 is 1.36 bits per heavy atom. The molecule has 5 nitrogen and oxygen atoms in total. The number of nitrogens with one attached hydrogen (secondary N) is 2. The summed E-state index contributed by atoms with van der Waals surface area (Å²) < 4.78 is 11.2. The molecule has 1 aliphatic heterocycles. The first-order valence-electron chi connectivity index (χ1n) is 8.40. The van der Waals surface area contributed by atoms with Gasteiger partial charge in [-0.2, -0.15) is 0 Å². The van der Waals surface area contributed by atoms with Crippen molar-refractivity contribution in [3.8, 4) is 0 Å². The molecule has 1 atom stereocenters. The van der Waals surface area contributed by atoms with Crippen LogP contribution in [0.3, 0.4) is 0 Å². The van der Waals surface area contributed by atoms with Crippen LogP contribution in [0.4, 0.5) is 0 Å². The van der Waals surface area contributed by atoms with E-state index in [4.69, 9.17) is 14.1 Å². The van der Waals surface area contributed by atoms with Crippen LogP contribution in [0.2, 0.25) is 0 Å². The molecule has 1 saturated heterocycles. The molecule has 2 rings (SSSR count). The van der Waals surface area contributed by atoms with E-state index in [2.05, 4.69) is 24.5 Å². The first kappa shape index (κ1) is 16.9. The maximum atomic E-state index is 5.80. The summed E-state index contributed by atoms with van der Waals surface area (Å²) in [4.78, 5) is 4.71. The molecule has 1 unspecified atom stereocenters. The van der Waals surface area contributed by atoms with Gasteiger partial charge in [0.2, 0.25) is 0 Å².